The van der Waals surface area contributed by atoms with E-state index in [0.717, 1.165) is 43.9 Å². The Hall–Kier alpha value is 4.83. The molecule has 0 aromatic heterocycles. The number of hydrogen-bond donors (Lipinski definition) is 0. The molecule has 2 heterocycles. The van der Waals surface area contributed by atoms with Crippen LogP contribution in [0.5, 0.6) is 0 Å². The number of nitrogens with zero attached hydrogens (tertiary/aromatic N) is 2. The van der Waals surface area contributed by atoms with Crippen LogP contribution in [0.4, 0.5) is 0 Å². The van der Waals surface area contributed by atoms with Crippen molar-refractivity contribution in [2.45, 2.75) is 98.8 Å². The van der Waals surface area contributed by atoms with Gasteiger partial charge in [-0.25, -0.2) is 12.8 Å². The molecular formula is C33H71K3N2-6. The minimum atomic E-state index is 0. The number of likely N-dealkylation sites (tertiary alicyclic amines) is 2. The summed E-state index contributed by atoms with van der Waals surface area (Å²) in [5.74, 6) is 2.51. The number of unbranched alkanes of at least 4 members (excludes halogenated alkanes) is 5. The van der Waals surface area contributed by atoms with E-state index in [-0.39, 0.29) is 176 Å². The Morgan fingerprint density at radius 3 is 1.26 bits per heavy atom. The molecule has 2 aliphatic rings. The van der Waals surface area contributed by atoms with Crippen LogP contribution in [0.3, 0.4) is 0 Å². The quantitative estimate of drug-likeness (QED) is 0.238. The Labute approximate surface area is 376 Å². The number of rotatable bonds is 7. The van der Waals surface area contributed by atoms with Crippen molar-refractivity contribution in [2.75, 3.05) is 40.3 Å². The van der Waals surface area contributed by atoms with Crippen LogP contribution in [0, 0.1) is 80.6 Å². The van der Waals surface area contributed by atoms with Gasteiger partial charge in [0.15, 0.2) is 0 Å². The third-order valence-electron chi connectivity index (χ3n) is 5.57. The third kappa shape index (κ3) is 63.9. The molecule has 5 heteroatoms. The first-order valence-electron chi connectivity index (χ1n) is 13.3. The van der Waals surface area contributed by atoms with Crippen LogP contribution >= 0.6 is 0 Å². The van der Waals surface area contributed by atoms with Gasteiger partial charge >= 0.3 is 154 Å². The van der Waals surface area contributed by atoms with Crippen LogP contribution in [-0.2, 0) is 0 Å². The molecule has 0 N–H and O–H groups in total. The maximum atomic E-state index is 3.79. The van der Waals surface area contributed by atoms with Crippen LogP contribution in [0.1, 0.15) is 98.8 Å². The number of piperidine rings is 1. The minimum absolute atomic E-state index is 0. The molecule has 2 atom stereocenters. The topological polar surface area (TPSA) is 6.48 Å². The largest absolute Gasteiger partial charge is 1.00 e. The Kier molecular flexibility index (Phi) is 93.6. The first-order valence-corrected chi connectivity index (χ1v) is 13.3. The molecule has 0 spiro atoms. The van der Waals surface area contributed by atoms with Crippen molar-refractivity contribution in [3.63, 3.8) is 0 Å². The summed E-state index contributed by atoms with van der Waals surface area (Å²) in [5.41, 5.74) is 0. The summed E-state index contributed by atoms with van der Waals surface area (Å²) >= 11 is 0. The molecule has 2 rings (SSSR count). The summed E-state index contributed by atoms with van der Waals surface area (Å²) < 4.78 is 0. The van der Waals surface area contributed by atoms with Crippen molar-refractivity contribution < 1.29 is 154 Å². The van der Waals surface area contributed by atoms with E-state index in [9.17, 15) is 0 Å². The Balaban J connectivity index is -0.0000000384. The smallest absolute Gasteiger partial charge is 0.358 e. The molecule has 0 radical (unpaired) electrons. The van der Waals surface area contributed by atoms with Gasteiger partial charge in [0.1, 0.15) is 0 Å². The zero-order valence-electron chi connectivity index (χ0n) is 29.5. The first-order chi connectivity index (χ1) is 15.2. The maximum absolute atomic E-state index is 3.79. The fourth-order valence-corrected chi connectivity index (χ4v) is 3.19. The van der Waals surface area contributed by atoms with Crippen molar-refractivity contribution in [2.24, 2.45) is 17.8 Å². The van der Waals surface area contributed by atoms with Crippen molar-refractivity contribution in [1.29, 1.82) is 0 Å². The van der Waals surface area contributed by atoms with Gasteiger partial charge < -0.3 is 72.6 Å². The molecular weight excluding hydrogens is 542 g/mol. The fraction of sp³-hybridized carbons (Fsp3) is 0.727. The van der Waals surface area contributed by atoms with E-state index in [1.165, 1.54) is 58.3 Å². The van der Waals surface area contributed by atoms with E-state index in [4.69, 9.17) is 0 Å². The normalized spacial score (nSPS) is 16.7. The molecule has 0 aromatic carbocycles. The van der Waals surface area contributed by atoms with Crippen molar-refractivity contribution in [3.05, 3.63) is 62.8 Å². The van der Waals surface area contributed by atoms with Gasteiger partial charge in [0.2, 0.25) is 0 Å². The maximum Gasteiger partial charge on any atom is 1.00 e. The SMILES string of the molecule is CC1CCN(C)C1.CC1CCN(C)CC1.[CH2-]CCC([CH2-])C.[CH2-]CCC[CH-]C.[CH2-]CC[CH-]C.[CH3-].[CH3-].[CH3-].[K+].[K+].[K+]. The van der Waals surface area contributed by atoms with E-state index in [1.807, 2.05) is 6.92 Å². The monoisotopic (exact) mass is 612 g/mol. The second-order valence-corrected chi connectivity index (χ2v) is 9.84. The van der Waals surface area contributed by atoms with Gasteiger partial charge in [0.05, 0.1) is 0 Å². The molecule has 2 unspecified atom stereocenters. The second kappa shape index (κ2) is 54.3. The van der Waals surface area contributed by atoms with E-state index < -0.39 is 0 Å². The zero-order valence-corrected chi connectivity index (χ0v) is 38.9. The van der Waals surface area contributed by atoms with E-state index in [2.05, 4.69) is 92.1 Å². The summed E-state index contributed by atoms with van der Waals surface area (Å²) in [6.07, 6.45) is 16.4. The van der Waals surface area contributed by atoms with E-state index in [1.54, 1.807) is 0 Å². The van der Waals surface area contributed by atoms with Crippen LogP contribution in [0.25, 0.3) is 0 Å². The van der Waals surface area contributed by atoms with Gasteiger partial charge in [0.25, 0.3) is 0 Å². The average molecular weight is 613 g/mol. The van der Waals surface area contributed by atoms with E-state index in [0.29, 0.717) is 5.92 Å². The molecule has 222 valence electrons. The van der Waals surface area contributed by atoms with Crippen molar-refractivity contribution in [3.8, 4) is 0 Å². The third-order valence-corrected chi connectivity index (χ3v) is 5.57. The molecule has 2 nitrogen and oxygen atoms in total. The van der Waals surface area contributed by atoms with Crippen LogP contribution < -0.4 is 154 Å². The van der Waals surface area contributed by atoms with Gasteiger partial charge in [-0.05, 0) is 64.8 Å². The first kappa shape index (κ1) is 65.5. The summed E-state index contributed by atoms with van der Waals surface area (Å²) in [4.78, 5) is 4.78. The van der Waals surface area contributed by atoms with Crippen LogP contribution in [-0.4, -0.2) is 50.1 Å². The summed E-state index contributed by atoms with van der Waals surface area (Å²) in [6.45, 7) is 30.9. The molecule has 0 saturated carbocycles. The molecule has 0 aliphatic carbocycles. The van der Waals surface area contributed by atoms with Crippen molar-refractivity contribution in [1.82, 2.24) is 9.80 Å². The summed E-state index contributed by atoms with van der Waals surface area (Å²) in [6, 6.07) is 0. The number of hydrogen-bond acceptors (Lipinski definition) is 2. The zero-order chi connectivity index (χ0) is 25.2. The molecule has 2 fully saturated rings. The minimum Gasteiger partial charge on any atom is -0.358 e. The Morgan fingerprint density at radius 2 is 1.13 bits per heavy atom. The van der Waals surface area contributed by atoms with Gasteiger partial charge in [-0.15, -0.1) is 12.8 Å². The molecule has 2 aliphatic heterocycles. The average Bonchev–Trinajstić information content (AvgIpc) is 3.13. The molecule has 0 aromatic rings. The molecule has 0 bridgehead atoms. The van der Waals surface area contributed by atoms with Gasteiger partial charge in [-0.2, -0.15) is 39.0 Å². The van der Waals surface area contributed by atoms with Gasteiger partial charge in [-0.3, -0.25) is 0 Å². The van der Waals surface area contributed by atoms with Crippen LogP contribution in [0.15, 0.2) is 0 Å². The van der Waals surface area contributed by atoms with Crippen molar-refractivity contribution >= 4 is 0 Å². The fourth-order valence-electron chi connectivity index (χ4n) is 3.19. The van der Waals surface area contributed by atoms with Gasteiger partial charge in [0, 0.05) is 6.54 Å². The summed E-state index contributed by atoms with van der Waals surface area (Å²) in [5, 5.41) is 0. The summed E-state index contributed by atoms with van der Waals surface area (Å²) in [7, 11) is 4.38. The Bertz CT molecular complexity index is 299. The predicted octanol–water partition coefficient (Wildman–Crippen LogP) is 0.780. The molecule has 2 saturated heterocycles. The Morgan fingerprint density at radius 1 is 0.711 bits per heavy atom. The molecule has 38 heavy (non-hydrogen) atoms. The molecule has 0 amide bonds. The standard InChI is InChI=1S/C7H15N.C6H13N.2C6H12.C5H10.3CH3.3K/c1-7-3-5-8(2)6-4-7;1-6-3-4-7(2)5-6;1-4-5-6(2)3;1-3-5-6-4-2;1-3-5-4-2;;;;;;/h7H,3-6H2,1-2H3;6H,3-5H2,1-2H3;6H,1-2,4-5H2,3H3;4H,1,3,5-6H2,2H3;4H,1,3,5H2,2H3;3*1H3;;;/q;;3*-2;3*-1;3*+1. The predicted molar refractivity (Wildman–Crippen MR) is 169 cm³/mol. The van der Waals surface area contributed by atoms with Crippen LogP contribution in [0.2, 0.25) is 0 Å². The second-order valence-electron chi connectivity index (χ2n) is 9.84. The van der Waals surface area contributed by atoms with E-state index >= 15 is 0 Å². The van der Waals surface area contributed by atoms with Gasteiger partial charge in [-0.1, -0.05) is 20.8 Å².